The van der Waals surface area contributed by atoms with E-state index in [2.05, 4.69) is 24.5 Å². The van der Waals surface area contributed by atoms with Gasteiger partial charge in [-0.1, -0.05) is 32.0 Å². The van der Waals surface area contributed by atoms with Gasteiger partial charge < -0.3 is 20.1 Å². The Balaban J connectivity index is 1.45. The lowest BCUT2D eigenvalue weighted by molar-refractivity contribution is -0.115. The summed E-state index contributed by atoms with van der Waals surface area (Å²) in [5, 5.41) is 6.02. The maximum absolute atomic E-state index is 12.0. The van der Waals surface area contributed by atoms with Crippen molar-refractivity contribution in [3.8, 4) is 11.5 Å². The highest BCUT2D eigenvalue weighted by Gasteiger charge is 2.13. The lowest BCUT2D eigenvalue weighted by Crippen LogP contribution is -2.27. The van der Waals surface area contributed by atoms with Crippen molar-refractivity contribution in [1.29, 1.82) is 0 Å². The van der Waals surface area contributed by atoms with Crippen molar-refractivity contribution < 1.29 is 14.3 Å². The first kappa shape index (κ1) is 16.3. The highest BCUT2D eigenvalue weighted by Crippen LogP contribution is 2.32. The molecule has 1 heterocycles. The molecule has 2 aromatic carbocycles. The van der Waals surface area contributed by atoms with Gasteiger partial charge in [-0.05, 0) is 41.3 Å². The SMILES string of the molecule is CC(C)c1ccc(NC(=O)CNCc2ccc3c(c2)OCO3)cc1. The first-order chi connectivity index (χ1) is 11.6. The van der Waals surface area contributed by atoms with Crippen molar-refractivity contribution in [3.05, 3.63) is 53.6 Å². The van der Waals surface area contributed by atoms with E-state index in [4.69, 9.17) is 9.47 Å². The quantitative estimate of drug-likeness (QED) is 0.855. The number of anilines is 1. The molecule has 0 atom stereocenters. The van der Waals surface area contributed by atoms with E-state index in [1.165, 1.54) is 5.56 Å². The van der Waals surface area contributed by atoms with Crippen molar-refractivity contribution in [1.82, 2.24) is 5.32 Å². The van der Waals surface area contributed by atoms with E-state index in [1.54, 1.807) is 0 Å². The van der Waals surface area contributed by atoms with Crippen LogP contribution in [0.1, 0.15) is 30.9 Å². The monoisotopic (exact) mass is 326 g/mol. The van der Waals surface area contributed by atoms with Crippen LogP contribution in [-0.4, -0.2) is 19.2 Å². The molecule has 0 saturated carbocycles. The minimum Gasteiger partial charge on any atom is -0.454 e. The lowest BCUT2D eigenvalue weighted by atomic mass is 10.0. The van der Waals surface area contributed by atoms with Gasteiger partial charge in [0.25, 0.3) is 0 Å². The fraction of sp³-hybridized carbons (Fsp3) is 0.316. The molecule has 126 valence electrons. The predicted molar refractivity (Wildman–Crippen MR) is 93.4 cm³/mol. The average molecular weight is 326 g/mol. The molecular weight excluding hydrogens is 304 g/mol. The van der Waals surface area contributed by atoms with E-state index in [0.717, 1.165) is 22.7 Å². The van der Waals surface area contributed by atoms with Gasteiger partial charge in [-0.25, -0.2) is 0 Å². The Morgan fingerprint density at radius 1 is 1.08 bits per heavy atom. The topological polar surface area (TPSA) is 59.6 Å². The van der Waals surface area contributed by atoms with Gasteiger partial charge in [0.1, 0.15) is 0 Å². The van der Waals surface area contributed by atoms with Crippen LogP contribution in [0.15, 0.2) is 42.5 Å². The molecule has 0 aliphatic carbocycles. The van der Waals surface area contributed by atoms with Gasteiger partial charge >= 0.3 is 0 Å². The van der Waals surface area contributed by atoms with Gasteiger partial charge in [-0.2, -0.15) is 0 Å². The Morgan fingerprint density at radius 2 is 1.83 bits per heavy atom. The molecule has 0 unspecified atom stereocenters. The van der Waals surface area contributed by atoms with Crippen LogP contribution in [0.3, 0.4) is 0 Å². The summed E-state index contributed by atoms with van der Waals surface area (Å²) in [7, 11) is 0. The van der Waals surface area contributed by atoms with E-state index in [1.807, 2.05) is 42.5 Å². The van der Waals surface area contributed by atoms with E-state index in [0.29, 0.717) is 12.5 Å². The summed E-state index contributed by atoms with van der Waals surface area (Å²) in [6.07, 6.45) is 0. The van der Waals surface area contributed by atoms with Crippen LogP contribution in [0.5, 0.6) is 11.5 Å². The first-order valence-corrected chi connectivity index (χ1v) is 8.11. The molecule has 1 aliphatic heterocycles. The fourth-order valence-electron chi connectivity index (χ4n) is 2.53. The average Bonchev–Trinajstić information content (AvgIpc) is 3.03. The smallest absolute Gasteiger partial charge is 0.238 e. The maximum Gasteiger partial charge on any atom is 0.238 e. The number of hydrogen-bond acceptors (Lipinski definition) is 4. The number of carbonyl (C=O) groups excluding carboxylic acids is 1. The molecule has 24 heavy (non-hydrogen) atoms. The molecule has 2 aromatic rings. The Labute approximate surface area is 142 Å². The van der Waals surface area contributed by atoms with Crippen molar-refractivity contribution >= 4 is 11.6 Å². The molecule has 0 saturated heterocycles. The van der Waals surface area contributed by atoms with E-state index in [9.17, 15) is 4.79 Å². The zero-order valence-electron chi connectivity index (χ0n) is 14.0. The van der Waals surface area contributed by atoms with Gasteiger partial charge in [0.2, 0.25) is 12.7 Å². The van der Waals surface area contributed by atoms with Crippen molar-refractivity contribution in [2.45, 2.75) is 26.3 Å². The molecule has 0 bridgehead atoms. The van der Waals surface area contributed by atoms with Crippen LogP contribution in [0.4, 0.5) is 5.69 Å². The summed E-state index contributed by atoms with van der Waals surface area (Å²) >= 11 is 0. The minimum atomic E-state index is -0.0620. The van der Waals surface area contributed by atoms with E-state index < -0.39 is 0 Å². The minimum absolute atomic E-state index is 0.0620. The number of ether oxygens (including phenoxy) is 2. The molecule has 0 fully saturated rings. The summed E-state index contributed by atoms with van der Waals surface area (Å²) in [5.41, 5.74) is 3.12. The number of fused-ring (bicyclic) bond motifs is 1. The van der Waals surface area contributed by atoms with Gasteiger partial charge in [0, 0.05) is 12.2 Å². The van der Waals surface area contributed by atoms with Crippen molar-refractivity contribution in [2.24, 2.45) is 0 Å². The molecule has 0 aromatic heterocycles. The Bertz CT molecular complexity index is 711. The van der Waals surface area contributed by atoms with Crippen LogP contribution in [0.25, 0.3) is 0 Å². The molecule has 3 rings (SSSR count). The van der Waals surface area contributed by atoms with Crippen LogP contribution in [0.2, 0.25) is 0 Å². The molecule has 5 heteroatoms. The number of nitrogens with one attached hydrogen (secondary N) is 2. The molecular formula is C19H22N2O3. The number of carbonyl (C=O) groups is 1. The van der Waals surface area contributed by atoms with Gasteiger partial charge in [-0.15, -0.1) is 0 Å². The number of benzene rings is 2. The predicted octanol–water partition coefficient (Wildman–Crippen LogP) is 3.27. The molecule has 1 amide bonds. The summed E-state index contributed by atoms with van der Waals surface area (Å²) in [6.45, 7) is 5.40. The van der Waals surface area contributed by atoms with Crippen LogP contribution in [0, 0.1) is 0 Å². The fourth-order valence-corrected chi connectivity index (χ4v) is 2.53. The Morgan fingerprint density at radius 3 is 2.58 bits per heavy atom. The third-order valence-electron chi connectivity index (χ3n) is 3.91. The third-order valence-corrected chi connectivity index (χ3v) is 3.91. The second kappa shape index (κ2) is 7.36. The highest BCUT2D eigenvalue weighted by molar-refractivity contribution is 5.92. The van der Waals surface area contributed by atoms with Crippen LogP contribution >= 0.6 is 0 Å². The second-order valence-electron chi connectivity index (χ2n) is 6.12. The summed E-state index contributed by atoms with van der Waals surface area (Å²) < 4.78 is 10.6. The summed E-state index contributed by atoms with van der Waals surface area (Å²) in [6, 6.07) is 13.7. The van der Waals surface area contributed by atoms with Gasteiger partial charge in [0.15, 0.2) is 11.5 Å². The standard InChI is InChI=1S/C19H22N2O3/c1-13(2)15-4-6-16(7-5-15)21-19(22)11-20-10-14-3-8-17-18(9-14)24-12-23-17/h3-9,13,20H,10-12H2,1-2H3,(H,21,22). The zero-order chi connectivity index (χ0) is 16.9. The number of rotatable bonds is 6. The number of amides is 1. The normalized spacial score (nSPS) is 12.5. The summed E-state index contributed by atoms with van der Waals surface area (Å²) in [4.78, 5) is 12.0. The Kier molecular flexibility index (Phi) is 5.01. The van der Waals surface area contributed by atoms with Gasteiger partial charge in [-0.3, -0.25) is 4.79 Å². The molecule has 5 nitrogen and oxygen atoms in total. The Hall–Kier alpha value is -2.53. The van der Waals surface area contributed by atoms with Crippen LogP contribution in [-0.2, 0) is 11.3 Å². The second-order valence-corrected chi connectivity index (χ2v) is 6.12. The van der Waals surface area contributed by atoms with E-state index in [-0.39, 0.29) is 19.2 Å². The lowest BCUT2D eigenvalue weighted by Gasteiger charge is -2.09. The highest BCUT2D eigenvalue weighted by atomic mass is 16.7. The number of hydrogen-bond donors (Lipinski definition) is 2. The van der Waals surface area contributed by atoms with Gasteiger partial charge in [0.05, 0.1) is 6.54 Å². The maximum atomic E-state index is 12.0. The van der Waals surface area contributed by atoms with Crippen molar-refractivity contribution in [3.63, 3.8) is 0 Å². The zero-order valence-corrected chi connectivity index (χ0v) is 14.0. The third kappa shape index (κ3) is 4.06. The molecule has 0 spiro atoms. The molecule has 1 aliphatic rings. The molecule has 2 N–H and O–H groups in total. The largest absolute Gasteiger partial charge is 0.454 e. The van der Waals surface area contributed by atoms with E-state index >= 15 is 0 Å². The molecule has 0 radical (unpaired) electrons. The van der Waals surface area contributed by atoms with Crippen LogP contribution < -0.4 is 20.1 Å². The first-order valence-electron chi connectivity index (χ1n) is 8.11. The summed E-state index contributed by atoms with van der Waals surface area (Å²) in [5.74, 6) is 1.94. The van der Waals surface area contributed by atoms with Crippen molar-refractivity contribution in [2.75, 3.05) is 18.7 Å².